The Bertz CT molecular complexity index is 532. The highest BCUT2D eigenvalue weighted by molar-refractivity contribution is 7.71. The zero-order valence-corrected chi connectivity index (χ0v) is 13.2. The van der Waals surface area contributed by atoms with E-state index >= 15 is 0 Å². The second-order valence-corrected chi connectivity index (χ2v) is 6.55. The van der Waals surface area contributed by atoms with Gasteiger partial charge in [-0.1, -0.05) is 37.9 Å². The normalized spacial score (nSPS) is 22.1. The molecule has 0 atom stereocenters. The maximum atomic E-state index is 5.90. The molecule has 3 nitrogen and oxygen atoms in total. The van der Waals surface area contributed by atoms with Gasteiger partial charge in [0.1, 0.15) is 16.1 Å². The van der Waals surface area contributed by atoms with Crippen molar-refractivity contribution < 1.29 is 4.74 Å². The molecule has 4 heteroatoms. The van der Waals surface area contributed by atoms with E-state index < -0.39 is 0 Å². The van der Waals surface area contributed by atoms with E-state index in [4.69, 9.17) is 21.9 Å². The molecule has 0 amide bonds. The molecule has 1 saturated carbocycles. The van der Waals surface area contributed by atoms with Crippen LogP contribution in [0.2, 0.25) is 0 Å². The number of hydrogen-bond donors (Lipinski definition) is 1. The van der Waals surface area contributed by atoms with Crippen LogP contribution in [0.3, 0.4) is 0 Å². The topological polar surface area (TPSA) is 37.9 Å². The van der Waals surface area contributed by atoms with Gasteiger partial charge < -0.3 is 9.72 Å². The Morgan fingerprint density at radius 2 is 1.75 bits per heavy atom. The monoisotopic (exact) mass is 292 g/mol. The van der Waals surface area contributed by atoms with Crippen molar-refractivity contribution in [3.63, 3.8) is 0 Å². The van der Waals surface area contributed by atoms with E-state index in [0.29, 0.717) is 0 Å². The number of rotatable bonds is 2. The minimum absolute atomic E-state index is 0.229. The molecule has 1 aromatic heterocycles. The molecule has 0 unspecified atom stereocenters. The Kier molecular flexibility index (Phi) is 4.22. The quantitative estimate of drug-likeness (QED) is 0.655. The fourth-order valence-corrected chi connectivity index (χ4v) is 3.99. The van der Waals surface area contributed by atoms with Crippen molar-refractivity contribution in [3.05, 3.63) is 21.7 Å². The zero-order valence-electron chi connectivity index (χ0n) is 12.3. The van der Waals surface area contributed by atoms with Crippen LogP contribution >= 0.6 is 12.2 Å². The van der Waals surface area contributed by atoms with Crippen LogP contribution in [0.4, 0.5) is 0 Å². The minimum atomic E-state index is -0.229. The lowest BCUT2D eigenvalue weighted by Crippen LogP contribution is -2.34. The fraction of sp³-hybridized carbons (Fsp3) is 0.750. The molecule has 110 valence electrons. The first-order chi connectivity index (χ1) is 9.75. The molecule has 1 N–H and O–H groups in total. The van der Waals surface area contributed by atoms with Gasteiger partial charge in [0.05, 0.1) is 0 Å². The molecule has 0 radical (unpaired) electrons. The molecule has 0 aromatic carbocycles. The molecule has 20 heavy (non-hydrogen) atoms. The summed E-state index contributed by atoms with van der Waals surface area (Å²) in [5, 5.41) is 0. The summed E-state index contributed by atoms with van der Waals surface area (Å²) in [6, 6.07) is 0. The molecule has 0 saturated heterocycles. The summed E-state index contributed by atoms with van der Waals surface area (Å²) < 4.78 is 6.71. The number of aromatic nitrogens is 2. The zero-order chi connectivity index (χ0) is 14.0. The van der Waals surface area contributed by atoms with Crippen molar-refractivity contribution in [2.75, 3.05) is 7.11 Å². The number of aromatic amines is 1. The van der Waals surface area contributed by atoms with Crippen LogP contribution < -0.4 is 0 Å². The van der Waals surface area contributed by atoms with Crippen molar-refractivity contribution in [3.8, 4) is 0 Å². The summed E-state index contributed by atoms with van der Waals surface area (Å²) in [6.07, 6.45) is 11.8. The summed E-state index contributed by atoms with van der Waals surface area (Å²) in [6.45, 7) is 0. The predicted octanol–water partition coefficient (Wildman–Crippen LogP) is 4.21. The first kappa shape index (κ1) is 14.2. The van der Waals surface area contributed by atoms with Crippen molar-refractivity contribution in [2.24, 2.45) is 0 Å². The maximum absolute atomic E-state index is 5.90. The molecular weight excluding hydrogens is 268 g/mol. The first-order valence-corrected chi connectivity index (χ1v) is 8.34. The highest BCUT2D eigenvalue weighted by atomic mass is 32.1. The van der Waals surface area contributed by atoms with Gasteiger partial charge in [0.2, 0.25) is 0 Å². The van der Waals surface area contributed by atoms with Crippen molar-refractivity contribution in [2.45, 2.75) is 69.8 Å². The standard InChI is InChI=1S/C16H24N2OS/c1-19-16(10-6-3-7-11-16)15-17-13-9-5-2-4-8-12(13)14(20)18-15/h2-11H2,1H3,(H,17,18,20). The van der Waals surface area contributed by atoms with Crippen molar-refractivity contribution in [1.29, 1.82) is 0 Å². The van der Waals surface area contributed by atoms with E-state index in [1.54, 1.807) is 0 Å². The molecule has 0 bridgehead atoms. The second kappa shape index (κ2) is 5.94. The number of methoxy groups -OCH3 is 1. The van der Waals surface area contributed by atoms with Crippen LogP contribution in [0.25, 0.3) is 0 Å². The minimum Gasteiger partial charge on any atom is -0.370 e. The van der Waals surface area contributed by atoms with Crippen LogP contribution in [0.1, 0.15) is 68.4 Å². The van der Waals surface area contributed by atoms with Gasteiger partial charge in [0, 0.05) is 18.4 Å². The largest absolute Gasteiger partial charge is 0.370 e. The second-order valence-electron chi connectivity index (χ2n) is 6.17. The Hall–Kier alpha value is -0.740. The highest BCUT2D eigenvalue weighted by Gasteiger charge is 2.36. The van der Waals surface area contributed by atoms with E-state index in [9.17, 15) is 0 Å². The van der Waals surface area contributed by atoms with E-state index in [-0.39, 0.29) is 5.60 Å². The molecule has 1 fully saturated rings. The van der Waals surface area contributed by atoms with E-state index in [1.807, 2.05) is 7.11 Å². The predicted molar refractivity (Wildman–Crippen MR) is 82.5 cm³/mol. The number of aryl methyl sites for hydroxylation is 1. The van der Waals surface area contributed by atoms with Crippen LogP contribution in [0.15, 0.2) is 0 Å². The van der Waals surface area contributed by atoms with Crippen LogP contribution in [0, 0.1) is 4.64 Å². The summed E-state index contributed by atoms with van der Waals surface area (Å²) >= 11 is 5.57. The Labute approximate surface area is 126 Å². The van der Waals surface area contributed by atoms with Gasteiger partial charge in [-0.2, -0.15) is 0 Å². The third-order valence-electron chi connectivity index (χ3n) is 4.94. The molecule has 2 aliphatic carbocycles. The lowest BCUT2D eigenvalue weighted by atomic mass is 9.83. The first-order valence-electron chi connectivity index (χ1n) is 7.93. The maximum Gasteiger partial charge on any atom is 0.140 e. The average molecular weight is 292 g/mol. The SMILES string of the molecule is COC1(c2nc(=S)c3c([nH]2)CCCCC3)CCCCC1. The third kappa shape index (κ3) is 2.56. The van der Waals surface area contributed by atoms with Gasteiger partial charge in [-0.15, -0.1) is 0 Å². The van der Waals surface area contributed by atoms with Gasteiger partial charge >= 0.3 is 0 Å². The Balaban J connectivity index is 2.03. The molecule has 2 aliphatic rings. The molecule has 0 spiro atoms. The lowest BCUT2D eigenvalue weighted by Gasteiger charge is -2.35. The molecular formula is C16H24N2OS. The average Bonchev–Trinajstić information content (AvgIpc) is 2.73. The van der Waals surface area contributed by atoms with Crippen molar-refractivity contribution >= 4 is 12.2 Å². The van der Waals surface area contributed by atoms with Gasteiger partial charge in [-0.25, -0.2) is 4.98 Å². The van der Waals surface area contributed by atoms with Crippen molar-refractivity contribution in [1.82, 2.24) is 9.97 Å². The molecule has 1 heterocycles. The molecule has 1 aromatic rings. The molecule has 3 rings (SSSR count). The smallest absolute Gasteiger partial charge is 0.140 e. The Morgan fingerprint density at radius 1 is 1.05 bits per heavy atom. The van der Waals surface area contributed by atoms with Gasteiger partial charge in [-0.3, -0.25) is 0 Å². The Morgan fingerprint density at radius 3 is 2.50 bits per heavy atom. The van der Waals surface area contributed by atoms with Gasteiger partial charge in [0.25, 0.3) is 0 Å². The van der Waals surface area contributed by atoms with Crippen LogP contribution in [0.5, 0.6) is 0 Å². The number of ether oxygens (including phenoxy) is 1. The highest BCUT2D eigenvalue weighted by Crippen LogP contribution is 2.38. The number of nitrogens with one attached hydrogen (secondary N) is 1. The van der Waals surface area contributed by atoms with Gasteiger partial charge in [0.15, 0.2) is 0 Å². The number of nitrogens with zero attached hydrogens (tertiary/aromatic N) is 1. The summed E-state index contributed by atoms with van der Waals surface area (Å²) in [4.78, 5) is 8.33. The third-order valence-corrected chi connectivity index (χ3v) is 5.28. The van der Waals surface area contributed by atoms with Crippen LogP contribution in [-0.4, -0.2) is 17.1 Å². The van der Waals surface area contributed by atoms with Crippen LogP contribution in [-0.2, 0) is 23.2 Å². The fourth-order valence-electron chi connectivity index (χ4n) is 3.67. The van der Waals surface area contributed by atoms with E-state index in [1.165, 1.54) is 49.8 Å². The van der Waals surface area contributed by atoms with E-state index in [0.717, 1.165) is 36.1 Å². The lowest BCUT2D eigenvalue weighted by molar-refractivity contribution is -0.0517. The number of hydrogen-bond acceptors (Lipinski definition) is 3. The van der Waals surface area contributed by atoms with E-state index in [2.05, 4.69) is 4.98 Å². The number of H-pyrrole nitrogens is 1. The van der Waals surface area contributed by atoms with Gasteiger partial charge in [-0.05, 0) is 38.5 Å². The summed E-state index contributed by atoms with van der Waals surface area (Å²) in [5.74, 6) is 0.977. The number of fused-ring (bicyclic) bond motifs is 1. The molecule has 0 aliphatic heterocycles. The summed E-state index contributed by atoms with van der Waals surface area (Å²) in [7, 11) is 1.82. The summed E-state index contributed by atoms with van der Waals surface area (Å²) in [5.41, 5.74) is 2.37.